The summed E-state index contributed by atoms with van der Waals surface area (Å²) in [5.74, 6) is 0. The Morgan fingerprint density at radius 1 is 1.06 bits per heavy atom. The number of hydrogen-bond donors (Lipinski definition) is 0. The van der Waals surface area contributed by atoms with Crippen LogP contribution in [0.2, 0.25) is 0 Å². The highest BCUT2D eigenvalue weighted by atomic mass is 19.4. The zero-order valence-corrected chi connectivity index (χ0v) is 8.69. The Labute approximate surface area is 96.2 Å². The standard InChI is InChI=1S/C9H5F6NO2/c1-4-6(16(17)18)3-2-5(8(10,11)12)7(4)9(13,14)15/h2-3H,1H3. The highest BCUT2D eigenvalue weighted by molar-refractivity contribution is 5.50. The minimum atomic E-state index is -5.32. The Morgan fingerprint density at radius 2 is 1.56 bits per heavy atom. The molecule has 18 heavy (non-hydrogen) atoms. The molecule has 0 aromatic heterocycles. The van der Waals surface area contributed by atoms with Gasteiger partial charge >= 0.3 is 12.4 Å². The van der Waals surface area contributed by atoms with Crippen LogP contribution in [0.3, 0.4) is 0 Å². The topological polar surface area (TPSA) is 43.1 Å². The molecule has 9 heteroatoms. The largest absolute Gasteiger partial charge is 0.417 e. The molecule has 0 atom stereocenters. The van der Waals surface area contributed by atoms with Crippen molar-refractivity contribution in [3.8, 4) is 0 Å². The third-order valence-corrected chi connectivity index (χ3v) is 2.22. The maximum atomic E-state index is 12.6. The van der Waals surface area contributed by atoms with Gasteiger partial charge in [-0.25, -0.2) is 0 Å². The molecule has 0 aliphatic carbocycles. The van der Waals surface area contributed by atoms with Gasteiger partial charge < -0.3 is 0 Å². The molecule has 0 unspecified atom stereocenters. The van der Waals surface area contributed by atoms with E-state index in [4.69, 9.17) is 0 Å². The maximum Gasteiger partial charge on any atom is 0.417 e. The highest BCUT2D eigenvalue weighted by Crippen LogP contribution is 2.44. The molecule has 100 valence electrons. The Balaban J connectivity index is 3.69. The van der Waals surface area contributed by atoms with Crippen LogP contribution in [0.4, 0.5) is 32.0 Å². The van der Waals surface area contributed by atoms with Crippen LogP contribution in [0.5, 0.6) is 0 Å². The van der Waals surface area contributed by atoms with Crippen molar-refractivity contribution in [2.24, 2.45) is 0 Å². The first-order valence-corrected chi connectivity index (χ1v) is 4.38. The third-order valence-electron chi connectivity index (χ3n) is 2.22. The molecular weight excluding hydrogens is 268 g/mol. The summed E-state index contributed by atoms with van der Waals surface area (Å²) >= 11 is 0. The monoisotopic (exact) mass is 273 g/mol. The van der Waals surface area contributed by atoms with Crippen molar-refractivity contribution in [3.05, 3.63) is 38.9 Å². The zero-order chi connectivity index (χ0) is 14.3. The number of rotatable bonds is 1. The van der Waals surface area contributed by atoms with Gasteiger partial charge in [0.2, 0.25) is 0 Å². The van der Waals surface area contributed by atoms with E-state index < -0.39 is 39.7 Å². The molecule has 0 aliphatic rings. The molecule has 0 saturated carbocycles. The van der Waals surface area contributed by atoms with Crippen molar-refractivity contribution in [3.63, 3.8) is 0 Å². The Kier molecular flexibility index (Phi) is 3.28. The van der Waals surface area contributed by atoms with E-state index in [-0.39, 0.29) is 6.07 Å². The van der Waals surface area contributed by atoms with E-state index in [1.165, 1.54) is 0 Å². The second kappa shape index (κ2) is 4.14. The summed E-state index contributed by atoms with van der Waals surface area (Å²) in [6.45, 7) is 0.635. The fourth-order valence-electron chi connectivity index (χ4n) is 1.50. The van der Waals surface area contributed by atoms with Crippen LogP contribution in [-0.2, 0) is 12.4 Å². The maximum absolute atomic E-state index is 12.6. The third kappa shape index (κ3) is 2.54. The molecule has 0 radical (unpaired) electrons. The van der Waals surface area contributed by atoms with Gasteiger partial charge in [0.05, 0.1) is 16.1 Å². The Hall–Kier alpha value is -1.80. The number of halogens is 6. The van der Waals surface area contributed by atoms with Crippen LogP contribution in [0.1, 0.15) is 16.7 Å². The van der Waals surface area contributed by atoms with Crippen LogP contribution in [-0.4, -0.2) is 4.92 Å². The van der Waals surface area contributed by atoms with Gasteiger partial charge in [0.25, 0.3) is 5.69 Å². The van der Waals surface area contributed by atoms with Gasteiger partial charge in [0.1, 0.15) is 0 Å². The first kappa shape index (κ1) is 14.3. The minimum absolute atomic E-state index is 0.0634. The van der Waals surface area contributed by atoms with E-state index >= 15 is 0 Å². The molecule has 0 fully saturated rings. The lowest BCUT2D eigenvalue weighted by Gasteiger charge is -2.17. The van der Waals surface area contributed by atoms with Crippen LogP contribution in [0.25, 0.3) is 0 Å². The van der Waals surface area contributed by atoms with Gasteiger partial charge in [-0.2, -0.15) is 26.3 Å². The summed E-state index contributed by atoms with van der Waals surface area (Å²) in [6.07, 6.45) is -10.5. The number of nitro benzene ring substituents is 1. The Morgan fingerprint density at radius 3 is 1.89 bits per heavy atom. The zero-order valence-electron chi connectivity index (χ0n) is 8.69. The lowest BCUT2D eigenvalue weighted by atomic mass is 9.99. The van der Waals surface area contributed by atoms with Crippen molar-refractivity contribution in [2.75, 3.05) is 0 Å². The van der Waals surface area contributed by atoms with Crippen LogP contribution < -0.4 is 0 Å². The predicted octanol–water partition coefficient (Wildman–Crippen LogP) is 3.94. The number of hydrogen-bond acceptors (Lipinski definition) is 2. The summed E-state index contributed by atoms with van der Waals surface area (Å²) in [5, 5.41) is 10.4. The van der Waals surface area contributed by atoms with E-state index in [1.54, 1.807) is 0 Å². The molecule has 0 aliphatic heterocycles. The van der Waals surface area contributed by atoms with Gasteiger partial charge in [0.15, 0.2) is 0 Å². The predicted molar refractivity (Wildman–Crippen MR) is 47.8 cm³/mol. The average Bonchev–Trinajstić information content (AvgIpc) is 2.12. The van der Waals surface area contributed by atoms with Crippen LogP contribution in [0.15, 0.2) is 12.1 Å². The number of nitrogens with zero attached hydrogens (tertiary/aromatic N) is 1. The van der Waals surface area contributed by atoms with Crippen molar-refractivity contribution >= 4 is 5.69 Å². The van der Waals surface area contributed by atoms with Gasteiger partial charge in [0, 0.05) is 11.6 Å². The lowest BCUT2D eigenvalue weighted by molar-refractivity contribution is -0.385. The molecule has 0 amide bonds. The van der Waals surface area contributed by atoms with Crippen molar-refractivity contribution in [1.82, 2.24) is 0 Å². The van der Waals surface area contributed by atoms with Crippen LogP contribution >= 0.6 is 0 Å². The van der Waals surface area contributed by atoms with E-state index in [0.717, 1.165) is 0 Å². The second-order valence-corrected chi connectivity index (χ2v) is 3.38. The average molecular weight is 273 g/mol. The van der Waals surface area contributed by atoms with E-state index in [9.17, 15) is 36.5 Å². The van der Waals surface area contributed by atoms with Gasteiger partial charge in [-0.15, -0.1) is 0 Å². The van der Waals surface area contributed by atoms with Gasteiger partial charge in [-0.05, 0) is 13.0 Å². The molecule has 0 heterocycles. The first-order chi connectivity index (χ1) is 7.96. The molecule has 1 aromatic carbocycles. The van der Waals surface area contributed by atoms with Gasteiger partial charge in [-0.1, -0.05) is 0 Å². The molecule has 0 bridgehead atoms. The SMILES string of the molecule is Cc1c([N+](=O)[O-])ccc(C(F)(F)F)c1C(F)(F)F. The summed E-state index contributed by atoms with van der Waals surface area (Å²) in [7, 11) is 0. The molecule has 0 N–H and O–H groups in total. The molecule has 3 nitrogen and oxygen atoms in total. The number of alkyl halides is 6. The smallest absolute Gasteiger partial charge is 0.258 e. The van der Waals surface area contributed by atoms with Gasteiger partial charge in [-0.3, -0.25) is 10.1 Å². The quantitative estimate of drug-likeness (QED) is 0.442. The van der Waals surface area contributed by atoms with Crippen molar-refractivity contribution in [2.45, 2.75) is 19.3 Å². The van der Waals surface area contributed by atoms with E-state index in [0.29, 0.717) is 13.0 Å². The summed E-state index contributed by atoms with van der Waals surface area (Å²) < 4.78 is 74.9. The summed E-state index contributed by atoms with van der Waals surface area (Å²) in [4.78, 5) is 9.26. The summed E-state index contributed by atoms with van der Waals surface area (Å²) in [5.41, 5.74) is -6.01. The fourth-order valence-corrected chi connectivity index (χ4v) is 1.50. The first-order valence-electron chi connectivity index (χ1n) is 4.38. The molecule has 0 saturated heterocycles. The van der Waals surface area contributed by atoms with E-state index in [2.05, 4.69) is 0 Å². The molecule has 1 rings (SSSR count). The Bertz CT molecular complexity index is 491. The minimum Gasteiger partial charge on any atom is -0.258 e. The van der Waals surface area contributed by atoms with Crippen molar-refractivity contribution in [1.29, 1.82) is 0 Å². The number of nitro groups is 1. The lowest BCUT2D eigenvalue weighted by Crippen LogP contribution is -2.18. The normalized spacial score (nSPS) is 12.6. The molecule has 0 spiro atoms. The molecule has 1 aromatic rings. The highest BCUT2D eigenvalue weighted by Gasteiger charge is 2.45. The fraction of sp³-hybridized carbons (Fsp3) is 0.333. The van der Waals surface area contributed by atoms with Crippen LogP contribution in [0, 0.1) is 17.0 Å². The van der Waals surface area contributed by atoms with Crippen molar-refractivity contribution < 1.29 is 31.3 Å². The summed E-state index contributed by atoms with van der Waals surface area (Å²) in [6, 6.07) is 0.474. The molecular formula is C9H5F6NO2. The van der Waals surface area contributed by atoms with E-state index in [1.807, 2.05) is 0 Å². The number of benzene rings is 1. The second-order valence-electron chi connectivity index (χ2n) is 3.38.